The number of rotatable bonds is 6. The van der Waals surface area contributed by atoms with Crippen molar-refractivity contribution in [3.63, 3.8) is 0 Å². The second kappa shape index (κ2) is 8.22. The Morgan fingerprint density at radius 3 is 2.48 bits per heavy atom. The number of nitriles is 1. The molecule has 0 aliphatic carbocycles. The third kappa shape index (κ3) is 4.85. The summed E-state index contributed by atoms with van der Waals surface area (Å²) in [6.07, 6.45) is -2.37. The number of aromatic nitrogens is 2. The molecule has 0 saturated carbocycles. The number of halogens is 3. The summed E-state index contributed by atoms with van der Waals surface area (Å²) in [4.78, 5) is 1.47. The number of hydrogen-bond donors (Lipinski definition) is 1. The molecule has 0 bridgehead atoms. The number of likely N-dealkylation sites (N-methyl/N-ethyl adjacent to an activating group) is 1. The predicted octanol–water partition coefficient (Wildman–Crippen LogP) is 5.02. The predicted molar refractivity (Wildman–Crippen MR) is 101 cm³/mol. The second-order valence-electron chi connectivity index (χ2n) is 6.57. The summed E-state index contributed by atoms with van der Waals surface area (Å²) in [5, 5.41) is 20.1. The molecule has 1 aromatic heterocycles. The first kappa shape index (κ1) is 20.2. The van der Waals surface area contributed by atoms with E-state index in [0.29, 0.717) is 29.4 Å². The van der Waals surface area contributed by atoms with Gasteiger partial charge in [-0.2, -0.15) is 18.4 Å². The normalized spacial score (nSPS) is 12.3. The van der Waals surface area contributed by atoms with Gasteiger partial charge in [0.1, 0.15) is 0 Å². The maximum atomic E-state index is 12.7. The van der Waals surface area contributed by atoms with Crippen molar-refractivity contribution in [2.75, 3.05) is 18.9 Å². The van der Waals surface area contributed by atoms with E-state index in [1.165, 1.54) is 17.0 Å². The van der Waals surface area contributed by atoms with Crippen LogP contribution in [0.25, 0.3) is 11.5 Å². The van der Waals surface area contributed by atoms with E-state index in [1.54, 1.807) is 31.3 Å². The van der Waals surface area contributed by atoms with Crippen LogP contribution in [0.5, 0.6) is 0 Å². The molecule has 29 heavy (non-hydrogen) atoms. The summed E-state index contributed by atoms with van der Waals surface area (Å²) in [6.45, 7) is 2.31. The van der Waals surface area contributed by atoms with Crippen molar-refractivity contribution in [2.24, 2.45) is 0 Å². The maximum Gasteiger partial charge on any atom is 0.416 e. The van der Waals surface area contributed by atoms with Crippen LogP contribution in [-0.4, -0.2) is 28.7 Å². The zero-order valence-electron chi connectivity index (χ0n) is 15.7. The van der Waals surface area contributed by atoms with E-state index in [0.717, 1.165) is 12.1 Å². The van der Waals surface area contributed by atoms with Crippen molar-refractivity contribution in [3.8, 4) is 17.6 Å². The third-order valence-electron chi connectivity index (χ3n) is 4.23. The van der Waals surface area contributed by atoms with E-state index in [2.05, 4.69) is 15.5 Å². The molecule has 2 aromatic carbocycles. The van der Waals surface area contributed by atoms with Gasteiger partial charge in [-0.3, -0.25) is 0 Å². The summed E-state index contributed by atoms with van der Waals surface area (Å²) < 4.78 is 44.0. The fraction of sp³-hybridized carbons (Fsp3) is 0.250. The molecule has 0 aliphatic heterocycles. The molecule has 0 spiro atoms. The van der Waals surface area contributed by atoms with Gasteiger partial charge in [0.15, 0.2) is 6.19 Å². The summed E-state index contributed by atoms with van der Waals surface area (Å²) in [5.41, 5.74) is 1.01. The van der Waals surface area contributed by atoms with Crippen molar-refractivity contribution < 1.29 is 17.6 Å². The molecule has 0 fully saturated rings. The average molecular weight is 401 g/mol. The zero-order valence-corrected chi connectivity index (χ0v) is 15.7. The van der Waals surface area contributed by atoms with E-state index in [9.17, 15) is 13.2 Å². The van der Waals surface area contributed by atoms with Crippen molar-refractivity contribution >= 4 is 11.4 Å². The van der Waals surface area contributed by atoms with Crippen LogP contribution in [0.4, 0.5) is 24.5 Å². The van der Waals surface area contributed by atoms with Gasteiger partial charge in [0.2, 0.25) is 11.8 Å². The Labute approximate surface area is 165 Å². The lowest BCUT2D eigenvalue weighted by Gasteiger charge is -2.12. The largest absolute Gasteiger partial charge is 0.420 e. The van der Waals surface area contributed by atoms with Crippen LogP contribution in [0.15, 0.2) is 52.9 Å². The van der Waals surface area contributed by atoms with Crippen LogP contribution in [0, 0.1) is 11.5 Å². The van der Waals surface area contributed by atoms with Crippen LogP contribution < -0.4 is 5.32 Å². The first-order valence-electron chi connectivity index (χ1n) is 8.76. The number of alkyl halides is 3. The fourth-order valence-corrected chi connectivity index (χ4v) is 2.75. The minimum Gasteiger partial charge on any atom is -0.420 e. The molecule has 3 rings (SSSR count). The molecule has 3 aromatic rings. The molecule has 0 aliphatic rings. The number of hydrogen-bond acceptors (Lipinski definition) is 6. The third-order valence-corrected chi connectivity index (χ3v) is 4.23. The monoisotopic (exact) mass is 401 g/mol. The molecule has 0 radical (unpaired) electrons. The minimum absolute atomic E-state index is 0.143. The summed E-state index contributed by atoms with van der Waals surface area (Å²) >= 11 is 0. The molecule has 1 heterocycles. The van der Waals surface area contributed by atoms with Crippen molar-refractivity contribution in [2.45, 2.75) is 19.0 Å². The van der Waals surface area contributed by atoms with Gasteiger partial charge >= 0.3 is 6.18 Å². The Bertz CT molecular complexity index is 1010. The fourth-order valence-electron chi connectivity index (χ4n) is 2.75. The number of anilines is 2. The Kier molecular flexibility index (Phi) is 5.73. The van der Waals surface area contributed by atoms with Crippen LogP contribution >= 0.6 is 0 Å². The smallest absolute Gasteiger partial charge is 0.416 e. The molecule has 0 amide bonds. The lowest BCUT2D eigenvalue weighted by Crippen LogP contribution is -2.18. The molecule has 1 N–H and O–H groups in total. The molecule has 1 unspecified atom stereocenters. The van der Waals surface area contributed by atoms with Gasteiger partial charge in [-0.1, -0.05) is 19.1 Å². The zero-order chi connectivity index (χ0) is 21.0. The van der Waals surface area contributed by atoms with Gasteiger partial charge in [-0.15, -0.1) is 10.2 Å². The molecular weight excluding hydrogens is 383 g/mol. The van der Waals surface area contributed by atoms with Crippen LogP contribution in [0.3, 0.4) is 0 Å². The van der Waals surface area contributed by atoms with Gasteiger partial charge < -0.3 is 14.6 Å². The second-order valence-corrected chi connectivity index (χ2v) is 6.57. The highest BCUT2D eigenvalue weighted by Crippen LogP contribution is 2.33. The topological polar surface area (TPSA) is 78.0 Å². The highest BCUT2D eigenvalue weighted by molar-refractivity contribution is 5.76. The molecule has 9 heteroatoms. The minimum atomic E-state index is -4.38. The quantitative estimate of drug-likeness (QED) is 0.462. The van der Waals surface area contributed by atoms with Gasteiger partial charge in [0.05, 0.1) is 22.7 Å². The molecule has 0 saturated heterocycles. The van der Waals surface area contributed by atoms with Crippen LogP contribution in [0.1, 0.15) is 24.3 Å². The van der Waals surface area contributed by atoms with E-state index in [-0.39, 0.29) is 11.8 Å². The first-order chi connectivity index (χ1) is 13.8. The number of benzene rings is 2. The standard InChI is InChI=1S/C20H18F3N5O/c1-13(11-28(2)12-24)18-26-27-19(29-18)16-5-3-4-6-17(16)25-15-9-7-14(8-10-15)20(21,22)23/h3-10,13,25H,11H2,1-2H3. The molecule has 1 atom stereocenters. The van der Waals surface area contributed by atoms with E-state index in [1.807, 2.05) is 13.1 Å². The molecule has 6 nitrogen and oxygen atoms in total. The van der Waals surface area contributed by atoms with Gasteiger partial charge in [0.25, 0.3) is 0 Å². The first-order valence-corrected chi connectivity index (χ1v) is 8.76. The Morgan fingerprint density at radius 1 is 1.14 bits per heavy atom. The number of nitrogens with zero attached hydrogens (tertiary/aromatic N) is 4. The van der Waals surface area contributed by atoms with Crippen LogP contribution in [-0.2, 0) is 6.18 Å². The Balaban J connectivity index is 1.82. The van der Waals surface area contributed by atoms with E-state index < -0.39 is 11.7 Å². The van der Waals surface area contributed by atoms with Crippen molar-refractivity contribution in [3.05, 3.63) is 60.0 Å². The Hall–Kier alpha value is -3.54. The molecular formula is C20H18F3N5O. The average Bonchev–Trinajstić information content (AvgIpc) is 3.18. The van der Waals surface area contributed by atoms with E-state index in [4.69, 9.17) is 9.68 Å². The van der Waals surface area contributed by atoms with Gasteiger partial charge in [0, 0.05) is 19.3 Å². The van der Waals surface area contributed by atoms with Gasteiger partial charge in [-0.05, 0) is 36.4 Å². The summed E-state index contributed by atoms with van der Waals surface area (Å²) in [5.74, 6) is 0.531. The number of nitrogens with one attached hydrogen (secondary N) is 1. The lowest BCUT2D eigenvalue weighted by molar-refractivity contribution is -0.137. The number of para-hydroxylation sites is 1. The SMILES string of the molecule is CC(CN(C)C#N)c1nnc(-c2ccccc2Nc2ccc(C(F)(F)F)cc2)o1. The lowest BCUT2D eigenvalue weighted by atomic mass is 10.1. The van der Waals surface area contributed by atoms with Crippen molar-refractivity contribution in [1.29, 1.82) is 5.26 Å². The molecule has 150 valence electrons. The van der Waals surface area contributed by atoms with Crippen molar-refractivity contribution in [1.82, 2.24) is 15.1 Å². The van der Waals surface area contributed by atoms with Crippen LogP contribution in [0.2, 0.25) is 0 Å². The maximum absolute atomic E-state index is 12.7. The highest BCUT2D eigenvalue weighted by atomic mass is 19.4. The Morgan fingerprint density at radius 2 is 1.83 bits per heavy atom. The van der Waals surface area contributed by atoms with Gasteiger partial charge in [-0.25, -0.2) is 0 Å². The highest BCUT2D eigenvalue weighted by Gasteiger charge is 2.30. The summed E-state index contributed by atoms with van der Waals surface area (Å²) in [7, 11) is 1.66. The van der Waals surface area contributed by atoms with E-state index >= 15 is 0 Å². The summed E-state index contributed by atoms with van der Waals surface area (Å²) in [6, 6.07) is 11.9.